The first-order chi connectivity index (χ1) is 7.40. The first kappa shape index (κ1) is 13.2. The summed E-state index contributed by atoms with van der Waals surface area (Å²) in [4.78, 5) is 4.83. The van der Waals surface area contributed by atoms with Crippen LogP contribution in [-0.4, -0.2) is 49.5 Å². The van der Waals surface area contributed by atoms with Gasteiger partial charge in [-0.15, -0.1) is 0 Å². The van der Waals surface area contributed by atoms with Gasteiger partial charge in [0.25, 0.3) is 0 Å². The quantitative estimate of drug-likeness (QED) is 0.238. The minimum atomic E-state index is -3.17. The molecule has 0 aromatic carbocycles. The smallest absolute Gasteiger partial charge is 0.208 e. The lowest BCUT2D eigenvalue weighted by molar-refractivity contribution is -0.0520. The Hall–Kier alpha value is -0.840. The Morgan fingerprint density at radius 3 is 3.06 bits per heavy atom. The van der Waals surface area contributed by atoms with Crippen molar-refractivity contribution in [3.05, 3.63) is 0 Å². The average Bonchev–Trinajstić information content (AvgIpc) is 2.58. The van der Waals surface area contributed by atoms with Crippen molar-refractivity contribution in [1.29, 1.82) is 5.41 Å². The molecule has 1 heterocycles. The molecule has 4 N–H and O–H groups in total. The average molecular weight is 267 g/mol. The standard InChI is InChI=1S/C6H13N5O3S2/c1-16(12,13)10-2-3-15-11-5(6(7)8)4-9-14-11/h4-5,10H,2-3H2,1H3,(H3,7,8). The van der Waals surface area contributed by atoms with Crippen molar-refractivity contribution in [1.82, 2.24) is 9.19 Å². The molecule has 0 radical (unpaired) electrons. The van der Waals surface area contributed by atoms with Crippen LogP contribution in [0.4, 0.5) is 0 Å². The molecule has 0 aromatic rings. The topological polar surface area (TPSA) is 121 Å². The van der Waals surface area contributed by atoms with Gasteiger partial charge < -0.3 is 5.73 Å². The van der Waals surface area contributed by atoms with Gasteiger partial charge in [-0.3, -0.25) is 10.3 Å². The number of sulfonamides is 1. The third-order valence-electron chi connectivity index (χ3n) is 1.56. The van der Waals surface area contributed by atoms with Gasteiger partial charge in [0.05, 0.1) is 12.5 Å². The van der Waals surface area contributed by atoms with Crippen LogP contribution in [-0.2, 0) is 15.0 Å². The summed E-state index contributed by atoms with van der Waals surface area (Å²) in [5, 5.41) is 10.8. The Morgan fingerprint density at radius 2 is 2.50 bits per heavy atom. The van der Waals surface area contributed by atoms with Gasteiger partial charge >= 0.3 is 0 Å². The molecule has 16 heavy (non-hydrogen) atoms. The second kappa shape index (κ2) is 5.48. The van der Waals surface area contributed by atoms with Crippen molar-refractivity contribution in [2.24, 2.45) is 10.9 Å². The van der Waals surface area contributed by atoms with E-state index in [0.717, 1.165) is 6.26 Å². The van der Waals surface area contributed by atoms with Crippen LogP contribution < -0.4 is 10.5 Å². The number of nitrogens with two attached hydrogens (primary N) is 1. The highest BCUT2D eigenvalue weighted by Crippen LogP contribution is 2.18. The summed E-state index contributed by atoms with van der Waals surface area (Å²) in [5.74, 6) is 0.380. The van der Waals surface area contributed by atoms with E-state index in [9.17, 15) is 8.42 Å². The predicted molar refractivity (Wildman–Crippen MR) is 62.4 cm³/mol. The van der Waals surface area contributed by atoms with Crippen molar-refractivity contribution >= 4 is 34.0 Å². The van der Waals surface area contributed by atoms with Crippen LogP contribution in [0, 0.1) is 5.41 Å². The number of hydrogen-bond donors (Lipinski definition) is 3. The van der Waals surface area contributed by atoms with Crippen LogP contribution in [0.5, 0.6) is 0 Å². The van der Waals surface area contributed by atoms with E-state index in [-0.39, 0.29) is 12.4 Å². The Bertz CT molecular complexity index is 382. The van der Waals surface area contributed by atoms with Gasteiger partial charge in [-0.05, 0) is 16.4 Å². The number of hydroxylamine groups is 1. The van der Waals surface area contributed by atoms with Gasteiger partial charge in [-0.25, -0.2) is 13.1 Å². The van der Waals surface area contributed by atoms with E-state index in [4.69, 9.17) is 16.1 Å². The van der Waals surface area contributed by atoms with E-state index in [1.165, 1.54) is 22.6 Å². The summed E-state index contributed by atoms with van der Waals surface area (Å²) in [6.07, 6.45) is 2.49. The SMILES string of the molecule is CS(=O)(=O)NCCSN1ON=CC1C(=N)N. The Labute approximate surface area is 97.8 Å². The molecule has 1 aliphatic rings. The molecule has 8 nitrogen and oxygen atoms in total. The minimum absolute atomic E-state index is 0.0789. The maximum Gasteiger partial charge on any atom is 0.208 e. The monoisotopic (exact) mass is 267 g/mol. The zero-order valence-electron chi connectivity index (χ0n) is 8.58. The van der Waals surface area contributed by atoms with Gasteiger partial charge in [-0.2, -0.15) is 0 Å². The highest BCUT2D eigenvalue weighted by atomic mass is 32.2. The molecule has 0 spiro atoms. The molecule has 1 aliphatic heterocycles. The molecular formula is C6H13N5O3S2. The van der Waals surface area contributed by atoms with Gasteiger partial charge in [0, 0.05) is 12.3 Å². The van der Waals surface area contributed by atoms with Gasteiger partial charge in [-0.1, -0.05) is 5.16 Å². The van der Waals surface area contributed by atoms with E-state index in [1.54, 1.807) is 0 Å². The lowest BCUT2D eigenvalue weighted by Gasteiger charge is -2.16. The summed E-state index contributed by atoms with van der Waals surface area (Å²) >= 11 is 1.20. The second-order valence-corrected chi connectivity index (χ2v) is 5.88. The summed E-state index contributed by atoms with van der Waals surface area (Å²) in [6.45, 7) is 0.272. The lowest BCUT2D eigenvalue weighted by Crippen LogP contribution is -2.38. The van der Waals surface area contributed by atoms with Gasteiger partial charge in [0.1, 0.15) is 5.84 Å². The Balaban J connectivity index is 2.26. The number of rotatable bonds is 6. The fraction of sp³-hybridized carbons (Fsp3) is 0.667. The highest BCUT2D eigenvalue weighted by Gasteiger charge is 2.27. The van der Waals surface area contributed by atoms with Crippen molar-refractivity contribution in [3.63, 3.8) is 0 Å². The van der Waals surface area contributed by atoms with Gasteiger partial charge in [0.2, 0.25) is 10.0 Å². The summed E-state index contributed by atoms with van der Waals surface area (Å²) in [5.41, 5.74) is 5.31. The molecule has 0 saturated carbocycles. The van der Waals surface area contributed by atoms with E-state index in [0.29, 0.717) is 5.75 Å². The molecule has 1 unspecified atom stereocenters. The van der Waals surface area contributed by atoms with E-state index in [1.807, 2.05) is 0 Å². The largest absolute Gasteiger partial charge is 0.386 e. The summed E-state index contributed by atoms with van der Waals surface area (Å²) in [7, 11) is -3.17. The van der Waals surface area contributed by atoms with Crippen LogP contribution in [0.1, 0.15) is 0 Å². The molecule has 0 amide bonds. The first-order valence-electron chi connectivity index (χ1n) is 4.31. The molecule has 0 aliphatic carbocycles. The van der Waals surface area contributed by atoms with Crippen molar-refractivity contribution in [3.8, 4) is 0 Å². The Morgan fingerprint density at radius 1 is 1.81 bits per heavy atom. The predicted octanol–water partition coefficient (Wildman–Crippen LogP) is -1.28. The number of oxime groups is 1. The van der Waals surface area contributed by atoms with Crippen molar-refractivity contribution < 1.29 is 13.4 Å². The third-order valence-corrected chi connectivity index (χ3v) is 3.22. The van der Waals surface area contributed by atoms with E-state index < -0.39 is 16.1 Å². The zero-order chi connectivity index (χ0) is 12.2. The molecule has 10 heteroatoms. The number of amidine groups is 1. The Kier molecular flexibility index (Phi) is 4.53. The van der Waals surface area contributed by atoms with Crippen LogP contribution in [0.25, 0.3) is 0 Å². The molecular weight excluding hydrogens is 254 g/mol. The molecule has 92 valence electrons. The van der Waals surface area contributed by atoms with Gasteiger partial charge in [0.15, 0.2) is 6.04 Å². The molecule has 0 bridgehead atoms. The van der Waals surface area contributed by atoms with Crippen LogP contribution in [0.2, 0.25) is 0 Å². The molecule has 0 saturated heterocycles. The number of nitrogens with zero attached hydrogens (tertiary/aromatic N) is 2. The van der Waals surface area contributed by atoms with Crippen LogP contribution >= 0.6 is 11.9 Å². The van der Waals surface area contributed by atoms with Crippen LogP contribution in [0.15, 0.2) is 5.16 Å². The number of nitrogens with one attached hydrogen (secondary N) is 2. The van der Waals surface area contributed by atoms with Crippen molar-refractivity contribution in [2.75, 3.05) is 18.6 Å². The second-order valence-electron chi connectivity index (χ2n) is 3.02. The number of hydrogen-bond acceptors (Lipinski definition) is 7. The fourth-order valence-corrected chi connectivity index (χ4v) is 2.29. The van der Waals surface area contributed by atoms with Crippen molar-refractivity contribution in [2.45, 2.75) is 6.04 Å². The van der Waals surface area contributed by atoms with Crippen LogP contribution in [0.3, 0.4) is 0 Å². The highest BCUT2D eigenvalue weighted by molar-refractivity contribution is 7.97. The molecule has 0 fully saturated rings. The third kappa shape index (κ3) is 4.35. The fourth-order valence-electron chi connectivity index (χ4n) is 0.897. The van der Waals surface area contributed by atoms with E-state index >= 15 is 0 Å². The molecule has 0 aromatic heterocycles. The zero-order valence-corrected chi connectivity index (χ0v) is 10.2. The molecule has 1 rings (SSSR count). The molecule has 1 atom stereocenters. The first-order valence-corrected chi connectivity index (χ1v) is 7.15. The minimum Gasteiger partial charge on any atom is -0.386 e. The normalized spacial score (nSPS) is 20.9. The lowest BCUT2D eigenvalue weighted by atomic mass is 10.3. The van der Waals surface area contributed by atoms with E-state index in [2.05, 4.69) is 9.88 Å². The summed E-state index contributed by atoms with van der Waals surface area (Å²) < 4.78 is 25.2. The summed E-state index contributed by atoms with van der Waals surface area (Å²) in [6, 6.07) is -0.497. The maximum atomic E-state index is 10.8. The maximum absolute atomic E-state index is 10.8.